The number of nitrogens with zero attached hydrogens (tertiary/aromatic N) is 2. The highest BCUT2D eigenvalue weighted by atomic mass is 35.5. The molecule has 0 bridgehead atoms. The zero-order valence-electron chi connectivity index (χ0n) is 11.8. The van der Waals surface area contributed by atoms with Gasteiger partial charge in [-0.25, -0.2) is 0 Å². The first-order chi connectivity index (χ1) is 10.1. The third-order valence-corrected chi connectivity index (χ3v) is 5.75. The molecule has 1 saturated carbocycles. The van der Waals surface area contributed by atoms with Crippen molar-refractivity contribution in [2.45, 2.75) is 55.9 Å². The van der Waals surface area contributed by atoms with Crippen molar-refractivity contribution >= 4 is 33.7 Å². The minimum atomic E-state index is -3.61. The molecule has 1 aromatic rings. The molecular weight excluding hydrogens is 308 g/mol. The number of hydrogen-bond donors (Lipinski definition) is 0. The maximum Gasteiger partial charge on any atom is 0.285 e. The largest absolute Gasteiger partial charge is 0.327 e. The molecular formula is C15H19ClN2O2S. The van der Waals surface area contributed by atoms with E-state index in [0.717, 1.165) is 12.8 Å². The fourth-order valence-corrected chi connectivity index (χ4v) is 4.43. The first kappa shape index (κ1) is 14.9. The Kier molecular flexibility index (Phi) is 4.22. The highest BCUT2D eigenvalue weighted by Gasteiger charge is 2.29. The highest BCUT2D eigenvalue weighted by molar-refractivity contribution is 7.90. The summed E-state index contributed by atoms with van der Waals surface area (Å²) in [5.41, 5.74) is 0.708. The quantitative estimate of drug-likeness (QED) is 0.784. The summed E-state index contributed by atoms with van der Waals surface area (Å²) in [6.07, 6.45) is 9.83. The van der Waals surface area contributed by atoms with Gasteiger partial charge in [-0.15, -0.1) is 4.40 Å². The summed E-state index contributed by atoms with van der Waals surface area (Å²) in [6, 6.07) is 5.35. The molecule has 0 spiro atoms. The number of anilines is 1. The molecule has 0 N–H and O–H groups in total. The molecule has 0 unspecified atom stereocenters. The maximum absolute atomic E-state index is 12.1. The van der Waals surface area contributed by atoms with E-state index in [1.54, 1.807) is 12.1 Å². The lowest BCUT2D eigenvalue weighted by molar-refractivity contribution is 0.452. The van der Waals surface area contributed by atoms with Crippen molar-refractivity contribution in [1.82, 2.24) is 0 Å². The fourth-order valence-electron chi connectivity index (χ4n) is 3.14. The van der Waals surface area contributed by atoms with E-state index in [-0.39, 0.29) is 4.90 Å². The lowest BCUT2D eigenvalue weighted by Gasteiger charge is -2.34. The number of halogens is 1. The Morgan fingerprint density at radius 1 is 1.10 bits per heavy atom. The van der Waals surface area contributed by atoms with Crippen molar-refractivity contribution in [3.63, 3.8) is 0 Å². The van der Waals surface area contributed by atoms with Gasteiger partial charge in [0.15, 0.2) is 0 Å². The second kappa shape index (κ2) is 5.97. The van der Waals surface area contributed by atoms with Crippen LogP contribution >= 0.6 is 11.6 Å². The van der Waals surface area contributed by atoms with Gasteiger partial charge in [0, 0.05) is 11.1 Å². The first-order valence-electron chi connectivity index (χ1n) is 7.46. The van der Waals surface area contributed by atoms with Gasteiger partial charge in [0.1, 0.15) is 11.2 Å². The summed E-state index contributed by atoms with van der Waals surface area (Å²) in [5, 5.41) is 0.423. The fraction of sp³-hybridized carbons (Fsp3) is 0.533. The van der Waals surface area contributed by atoms with Crippen molar-refractivity contribution in [3.8, 4) is 0 Å². The van der Waals surface area contributed by atoms with Gasteiger partial charge >= 0.3 is 0 Å². The maximum atomic E-state index is 12.1. The Morgan fingerprint density at radius 3 is 2.48 bits per heavy atom. The summed E-state index contributed by atoms with van der Waals surface area (Å²) in [7, 11) is -3.61. The molecule has 1 heterocycles. The van der Waals surface area contributed by atoms with Gasteiger partial charge in [-0.05, 0) is 31.0 Å². The van der Waals surface area contributed by atoms with Crippen LogP contribution in [0.1, 0.15) is 44.9 Å². The van der Waals surface area contributed by atoms with E-state index in [1.165, 1.54) is 44.5 Å². The summed E-state index contributed by atoms with van der Waals surface area (Å²) in [6.45, 7) is 0. The zero-order chi connectivity index (χ0) is 14.9. The third-order valence-electron chi connectivity index (χ3n) is 4.26. The lowest BCUT2D eigenvalue weighted by atomic mass is 9.95. The second-order valence-corrected chi connectivity index (χ2v) is 7.75. The number of benzene rings is 1. The van der Waals surface area contributed by atoms with Crippen LogP contribution in [0.2, 0.25) is 5.02 Å². The van der Waals surface area contributed by atoms with Crippen LogP contribution < -0.4 is 4.90 Å². The van der Waals surface area contributed by atoms with Gasteiger partial charge in [-0.1, -0.05) is 43.7 Å². The second-order valence-electron chi connectivity index (χ2n) is 5.71. The summed E-state index contributed by atoms with van der Waals surface area (Å²) < 4.78 is 28.0. The summed E-state index contributed by atoms with van der Waals surface area (Å²) in [4.78, 5) is 2.25. The standard InChI is InChI=1S/C15H19ClN2O2S/c16-12-8-9-14-15(10-12)21(19,20)17-11-18(14)13-6-4-2-1-3-5-7-13/h8-11,13H,1-7H2. The molecule has 1 fully saturated rings. The van der Waals surface area contributed by atoms with E-state index in [1.807, 2.05) is 4.90 Å². The predicted octanol–water partition coefficient (Wildman–Crippen LogP) is 3.99. The Hall–Kier alpha value is -1.07. The van der Waals surface area contributed by atoms with Crippen LogP contribution in [0.3, 0.4) is 0 Å². The topological polar surface area (TPSA) is 49.7 Å². The lowest BCUT2D eigenvalue weighted by Crippen LogP contribution is -2.37. The van der Waals surface area contributed by atoms with Crippen LogP contribution in [0, 0.1) is 0 Å². The monoisotopic (exact) mass is 326 g/mol. The number of hydrogen-bond acceptors (Lipinski definition) is 3. The van der Waals surface area contributed by atoms with Gasteiger partial charge in [-0.2, -0.15) is 8.42 Å². The molecule has 0 aromatic heterocycles. The molecule has 3 rings (SSSR count). The molecule has 4 nitrogen and oxygen atoms in total. The van der Waals surface area contributed by atoms with Gasteiger partial charge in [-0.3, -0.25) is 0 Å². The first-order valence-corrected chi connectivity index (χ1v) is 9.28. The Labute approximate surface area is 130 Å². The number of sulfonamides is 1. The smallest absolute Gasteiger partial charge is 0.285 e. The summed E-state index contributed by atoms with van der Waals surface area (Å²) >= 11 is 5.95. The Balaban J connectivity index is 1.97. The molecule has 0 radical (unpaired) electrons. The van der Waals surface area contributed by atoms with Crippen LogP contribution in [-0.4, -0.2) is 20.8 Å². The van der Waals surface area contributed by atoms with Crippen LogP contribution in [0.4, 0.5) is 5.69 Å². The molecule has 2 aliphatic rings. The van der Waals surface area contributed by atoms with Crippen LogP contribution in [0.25, 0.3) is 0 Å². The van der Waals surface area contributed by atoms with Gasteiger partial charge in [0.25, 0.3) is 10.0 Å². The molecule has 1 aromatic carbocycles. The van der Waals surface area contributed by atoms with Gasteiger partial charge < -0.3 is 4.90 Å². The number of fused-ring (bicyclic) bond motifs is 1. The normalized spacial score (nSPS) is 22.4. The zero-order valence-corrected chi connectivity index (χ0v) is 13.4. The Bertz CT molecular complexity index is 650. The minimum absolute atomic E-state index is 0.222. The van der Waals surface area contributed by atoms with Crippen molar-refractivity contribution in [2.24, 2.45) is 4.40 Å². The van der Waals surface area contributed by atoms with Crippen molar-refractivity contribution in [3.05, 3.63) is 23.2 Å². The third kappa shape index (κ3) is 3.09. The average molecular weight is 327 g/mol. The van der Waals surface area contributed by atoms with Crippen LogP contribution in [-0.2, 0) is 10.0 Å². The van der Waals surface area contributed by atoms with E-state index in [9.17, 15) is 8.42 Å². The minimum Gasteiger partial charge on any atom is -0.327 e. The average Bonchev–Trinajstić information content (AvgIpc) is 2.40. The molecule has 1 aliphatic carbocycles. The van der Waals surface area contributed by atoms with Crippen LogP contribution in [0.15, 0.2) is 27.5 Å². The van der Waals surface area contributed by atoms with Gasteiger partial charge in [0.05, 0.1) is 5.69 Å². The number of rotatable bonds is 1. The van der Waals surface area contributed by atoms with Crippen molar-refractivity contribution in [2.75, 3.05) is 4.90 Å². The molecule has 6 heteroatoms. The molecule has 114 valence electrons. The molecule has 0 saturated heterocycles. The van der Waals surface area contributed by atoms with Crippen molar-refractivity contribution < 1.29 is 8.42 Å². The van der Waals surface area contributed by atoms with E-state index in [2.05, 4.69) is 4.40 Å². The summed E-state index contributed by atoms with van der Waals surface area (Å²) in [5.74, 6) is 0. The molecule has 0 amide bonds. The predicted molar refractivity (Wildman–Crippen MR) is 85.7 cm³/mol. The van der Waals surface area contributed by atoms with E-state index in [4.69, 9.17) is 11.6 Å². The molecule has 1 aliphatic heterocycles. The highest BCUT2D eigenvalue weighted by Crippen LogP contribution is 2.35. The van der Waals surface area contributed by atoms with Crippen LogP contribution in [0.5, 0.6) is 0 Å². The SMILES string of the molecule is O=S1(=O)N=CN(C2CCCCCCC2)c2ccc(Cl)cc21. The van der Waals surface area contributed by atoms with E-state index < -0.39 is 10.0 Å². The van der Waals surface area contributed by atoms with Gasteiger partial charge in [0.2, 0.25) is 0 Å². The Morgan fingerprint density at radius 2 is 1.76 bits per heavy atom. The molecule has 0 atom stereocenters. The van der Waals surface area contributed by atoms with E-state index >= 15 is 0 Å². The molecule has 21 heavy (non-hydrogen) atoms. The van der Waals surface area contributed by atoms with Crippen molar-refractivity contribution in [1.29, 1.82) is 0 Å². The van der Waals surface area contributed by atoms with E-state index in [0.29, 0.717) is 16.8 Å².